The Hall–Kier alpha value is -1.26. The molecule has 20 heavy (non-hydrogen) atoms. The number of urea groups is 1. The third-order valence-electron chi connectivity index (χ3n) is 4.78. The highest BCUT2D eigenvalue weighted by Gasteiger charge is 2.38. The minimum absolute atomic E-state index is 0.0693. The molecule has 1 saturated carbocycles. The number of amides is 2. The van der Waals surface area contributed by atoms with E-state index in [1.54, 1.807) is 13.8 Å². The smallest absolute Gasteiger partial charge is 0.329 e. The highest BCUT2D eigenvalue weighted by molar-refractivity contribution is 5.86. The van der Waals surface area contributed by atoms with Gasteiger partial charge < -0.3 is 15.7 Å². The van der Waals surface area contributed by atoms with Crippen LogP contribution in [0.1, 0.15) is 66.2 Å². The van der Waals surface area contributed by atoms with E-state index in [1.807, 2.05) is 0 Å². The molecule has 1 aliphatic carbocycles. The Balaban J connectivity index is 2.69. The average Bonchev–Trinajstić information content (AvgIpc) is 2.38. The van der Waals surface area contributed by atoms with E-state index in [0.29, 0.717) is 12.8 Å². The minimum Gasteiger partial charge on any atom is -0.480 e. The molecule has 5 nitrogen and oxygen atoms in total. The van der Waals surface area contributed by atoms with Crippen LogP contribution in [0.3, 0.4) is 0 Å². The van der Waals surface area contributed by atoms with Gasteiger partial charge in [-0.25, -0.2) is 9.59 Å². The summed E-state index contributed by atoms with van der Waals surface area (Å²) in [4.78, 5) is 23.5. The standard InChI is InChI=1S/C15H28N2O3/c1-5-15(6-2,12(18)19)17-13(20)16-11-9-7-8-10-14(11,3)4/h11H,5-10H2,1-4H3,(H,18,19)(H2,16,17,20). The number of hydrogen-bond acceptors (Lipinski definition) is 2. The Labute approximate surface area is 121 Å². The average molecular weight is 284 g/mol. The lowest BCUT2D eigenvalue weighted by Crippen LogP contribution is -2.59. The summed E-state index contributed by atoms with van der Waals surface area (Å²) in [5, 5.41) is 15.0. The summed E-state index contributed by atoms with van der Waals surface area (Å²) in [5.41, 5.74) is -1.09. The monoisotopic (exact) mass is 284 g/mol. The summed E-state index contributed by atoms with van der Waals surface area (Å²) < 4.78 is 0. The molecule has 0 bridgehead atoms. The van der Waals surface area contributed by atoms with E-state index in [0.717, 1.165) is 19.3 Å². The van der Waals surface area contributed by atoms with E-state index in [4.69, 9.17) is 0 Å². The van der Waals surface area contributed by atoms with Crippen LogP contribution in [0.2, 0.25) is 0 Å². The maximum absolute atomic E-state index is 12.2. The van der Waals surface area contributed by atoms with Gasteiger partial charge in [-0.2, -0.15) is 0 Å². The van der Waals surface area contributed by atoms with Gasteiger partial charge in [0, 0.05) is 6.04 Å². The van der Waals surface area contributed by atoms with Crippen molar-refractivity contribution >= 4 is 12.0 Å². The van der Waals surface area contributed by atoms with Crippen molar-refractivity contribution in [1.82, 2.24) is 10.6 Å². The number of hydrogen-bond donors (Lipinski definition) is 3. The molecule has 0 aromatic carbocycles. The van der Waals surface area contributed by atoms with Crippen molar-refractivity contribution in [3.63, 3.8) is 0 Å². The van der Waals surface area contributed by atoms with Crippen molar-refractivity contribution in [2.24, 2.45) is 5.41 Å². The Kier molecular flexibility index (Phi) is 5.42. The van der Waals surface area contributed by atoms with E-state index in [9.17, 15) is 14.7 Å². The lowest BCUT2D eigenvalue weighted by molar-refractivity contribution is -0.144. The molecular formula is C15H28N2O3. The van der Waals surface area contributed by atoms with Crippen molar-refractivity contribution in [1.29, 1.82) is 0 Å². The predicted molar refractivity (Wildman–Crippen MR) is 78.7 cm³/mol. The van der Waals surface area contributed by atoms with Gasteiger partial charge >= 0.3 is 12.0 Å². The van der Waals surface area contributed by atoms with Crippen LogP contribution in [-0.2, 0) is 4.79 Å². The van der Waals surface area contributed by atoms with Crippen molar-refractivity contribution in [3.05, 3.63) is 0 Å². The van der Waals surface area contributed by atoms with Gasteiger partial charge in [0.05, 0.1) is 0 Å². The van der Waals surface area contributed by atoms with Crippen LogP contribution in [0.15, 0.2) is 0 Å². The molecule has 5 heteroatoms. The molecule has 1 aliphatic rings. The highest BCUT2D eigenvalue weighted by Crippen LogP contribution is 2.35. The molecule has 0 saturated heterocycles. The number of nitrogens with one attached hydrogen (secondary N) is 2. The van der Waals surface area contributed by atoms with Crippen LogP contribution in [0.25, 0.3) is 0 Å². The normalized spacial score (nSPS) is 22.1. The summed E-state index contributed by atoms with van der Waals surface area (Å²) in [6.07, 6.45) is 5.10. The topological polar surface area (TPSA) is 78.4 Å². The van der Waals surface area contributed by atoms with Crippen LogP contribution < -0.4 is 10.6 Å². The quantitative estimate of drug-likeness (QED) is 0.726. The molecule has 116 valence electrons. The fraction of sp³-hybridized carbons (Fsp3) is 0.867. The van der Waals surface area contributed by atoms with Crippen molar-refractivity contribution in [2.75, 3.05) is 0 Å². The predicted octanol–water partition coefficient (Wildman–Crippen LogP) is 2.90. The number of rotatable bonds is 5. The molecular weight excluding hydrogens is 256 g/mol. The number of carbonyl (C=O) groups is 2. The zero-order chi connectivity index (χ0) is 15.4. The lowest BCUT2D eigenvalue weighted by Gasteiger charge is -2.39. The third kappa shape index (κ3) is 3.64. The van der Waals surface area contributed by atoms with Crippen molar-refractivity contribution in [2.45, 2.75) is 77.8 Å². The van der Waals surface area contributed by atoms with Crippen LogP contribution in [0.4, 0.5) is 4.79 Å². The lowest BCUT2D eigenvalue weighted by atomic mass is 9.73. The first kappa shape index (κ1) is 16.8. The molecule has 0 radical (unpaired) electrons. The van der Waals surface area contributed by atoms with E-state index in [-0.39, 0.29) is 17.5 Å². The number of carboxylic acid groups (broad SMARTS) is 1. The molecule has 1 fully saturated rings. The Bertz CT molecular complexity index is 362. The van der Waals surface area contributed by atoms with Gasteiger partial charge in [-0.15, -0.1) is 0 Å². The maximum atomic E-state index is 12.2. The largest absolute Gasteiger partial charge is 0.480 e. The summed E-state index contributed by atoms with van der Waals surface area (Å²) in [5.74, 6) is -0.972. The first-order chi connectivity index (χ1) is 9.27. The molecule has 0 heterocycles. The first-order valence-corrected chi connectivity index (χ1v) is 7.59. The number of carboxylic acids is 1. The first-order valence-electron chi connectivity index (χ1n) is 7.59. The summed E-state index contributed by atoms with van der Waals surface area (Å²) in [6, 6.07) is -0.257. The minimum atomic E-state index is -1.16. The number of aliphatic carboxylic acids is 1. The van der Waals surface area contributed by atoms with Gasteiger partial charge in [-0.3, -0.25) is 0 Å². The van der Waals surface area contributed by atoms with Crippen LogP contribution in [-0.4, -0.2) is 28.7 Å². The van der Waals surface area contributed by atoms with E-state index in [1.165, 1.54) is 6.42 Å². The van der Waals surface area contributed by atoms with Crippen molar-refractivity contribution < 1.29 is 14.7 Å². The molecule has 1 rings (SSSR count). The molecule has 0 aromatic rings. The molecule has 1 unspecified atom stereocenters. The fourth-order valence-electron chi connectivity index (χ4n) is 2.96. The van der Waals surface area contributed by atoms with Gasteiger partial charge in [0.2, 0.25) is 0 Å². The molecule has 3 N–H and O–H groups in total. The second-order valence-electron chi connectivity index (χ2n) is 6.48. The van der Waals surface area contributed by atoms with Gasteiger partial charge in [0.15, 0.2) is 0 Å². The molecule has 2 amide bonds. The van der Waals surface area contributed by atoms with Gasteiger partial charge in [-0.05, 0) is 31.1 Å². The van der Waals surface area contributed by atoms with Crippen LogP contribution in [0.5, 0.6) is 0 Å². The van der Waals surface area contributed by atoms with Crippen molar-refractivity contribution in [3.8, 4) is 0 Å². The Morgan fingerprint density at radius 1 is 1.25 bits per heavy atom. The second-order valence-corrected chi connectivity index (χ2v) is 6.48. The molecule has 1 atom stereocenters. The van der Waals surface area contributed by atoms with Crippen LogP contribution >= 0.6 is 0 Å². The Morgan fingerprint density at radius 2 is 1.85 bits per heavy atom. The van der Waals surface area contributed by atoms with Crippen LogP contribution in [0, 0.1) is 5.41 Å². The zero-order valence-corrected chi connectivity index (χ0v) is 13.1. The van der Waals surface area contributed by atoms with Gasteiger partial charge in [0.1, 0.15) is 5.54 Å². The zero-order valence-electron chi connectivity index (χ0n) is 13.1. The number of carbonyl (C=O) groups excluding carboxylic acids is 1. The SMILES string of the molecule is CCC(CC)(NC(=O)NC1CCCCC1(C)C)C(=O)O. The van der Waals surface area contributed by atoms with E-state index in [2.05, 4.69) is 24.5 Å². The molecule has 0 aromatic heterocycles. The van der Waals surface area contributed by atoms with E-state index < -0.39 is 11.5 Å². The molecule has 0 spiro atoms. The second kappa shape index (κ2) is 6.46. The summed E-state index contributed by atoms with van der Waals surface area (Å²) >= 11 is 0. The maximum Gasteiger partial charge on any atom is 0.329 e. The summed E-state index contributed by atoms with van der Waals surface area (Å²) in [6.45, 7) is 7.87. The van der Waals surface area contributed by atoms with E-state index >= 15 is 0 Å². The van der Waals surface area contributed by atoms with Gasteiger partial charge in [-0.1, -0.05) is 40.5 Å². The fourth-order valence-corrected chi connectivity index (χ4v) is 2.96. The van der Waals surface area contributed by atoms with Gasteiger partial charge in [0.25, 0.3) is 0 Å². The Morgan fingerprint density at radius 3 is 2.30 bits per heavy atom. The highest BCUT2D eigenvalue weighted by atomic mass is 16.4. The summed E-state index contributed by atoms with van der Waals surface area (Å²) in [7, 11) is 0. The third-order valence-corrected chi connectivity index (χ3v) is 4.78. The molecule has 0 aliphatic heterocycles.